The first-order valence-corrected chi connectivity index (χ1v) is 7.21. The second kappa shape index (κ2) is 5.45. The molecule has 0 unspecified atom stereocenters. The molecule has 2 rings (SSSR count). The van der Waals surface area contributed by atoms with Gasteiger partial charge >= 0.3 is 0 Å². The van der Waals surface area contributed by atoms with Crippen LogP contribution in [0, 0.1) is 6.92 Å². The number of nitrogens with one attached hydrogen (secondary N) is 1. The van der Waals surface area contributed by atoms with Gasteiger partial charge in [0.15, 0.2) is 0 Å². The molecule has 1 aromatic carbocycles. The van der Waals surface area contributed by atoms with Crippen LogP contribution < -0.4 is 5.32 Å². The van der Waals surface area contributed by atoms with Gasteiger partial charge in [0.05, 0.1) is 10.5 Å². The van der Waals surface area contributed by atoms with E-state index in [1.165, 1.54) is 5.56 Å². The number of halogens is 2. The van der Waals surface area contributed by atoms with Gasteiger partial charge in [-0.25, -0.2) is 4.98 Å². The first kappa shape index (κ1) is 13.6. The van der Waals surface area contributed by atoms with Gasteiger partial charge in [-0.05, 0) is 52.5 Å². The van der Waals surface area contributed by atoms with E-state index >= 15 is 0 Å². The quantitative estimate of drug-likeness (QED) is 0.862. The van der Waals surface area contributed by atoms with Crippen molar-refractivity contribution in [2.24, 2.45) is 0 Å². The van der Waals surface area contributed by atoms with E-state index in [1.807, 2.05) is 20.0 Å². The average Bonchev–Trinajstić information content (AvgIpc) is 2.36. The van der Waals surface area contributed by atoms with Crippen LogP contribution in [0.5, 0.6) is 0 Å². The van der Waals surface area contributed by atoms with Gasteiger partial charge in [-0.3, -0.25) is 0 Å². The molecule has 4 heteroatoms. The van der Waals surface area contributed by atoms with Gasteiger partial charge in [0.2, 0.25) is 0 Å². The number of benzene rings is 1. The first-order chi connectivity index (χ1) is 8.58. The van der Waals surface area contributed by atoms with Crippen LogP contribution in [-0.4, -0.2) is 12.0 Å². The second-order valence-corrected chi connectivity index (χ2v) is 5.61. The summed E-state index contributed by atoms with van der Waals surface area (Å²) in [6, 6.07) is 4.16. The molecule has 0 fully saturated rings. The average molecular weight is 328 g/mol. The fraction of sp³-hybridized carbons (Fsp3) is 0.357. The fourth-order valence-electron chi connectivity index (χ4n) is 2.11. The summed E-state index contributed by atoms with van der Waals surface area (Å²) in [5.41, 5.74) is 3.19. The van der Waals surface area contributed by atoms with Gasteiger partial charge < -0.3 is 5.32 Å². The lowest BCUT2D eigenvalue weighted by molar-refractivity contribution is 0.918. The third-order valence-electron chi connectivity index (χ3n) is 3.01. The number of aromatic nitrogens is 1. The molecule has 0 bridgehead atoms. The van der Waals surface area contributed by atoms with Crippen molar-refractivity contribution in [2.75, 3.05) is 12.4 Å². The van der Waals surface area contributed by atoms with Gasteiger partial charge in [-0.1, -0.05) is 24.9 Å². The Balaban J connectivity index is 2.78. The lowest BCUT2D eigenvalue weighted by atomic mass is 10.1. The van der Waals surface area contributed by atoms with E-state index in [9.17, 15) is 0 Å². The van der Waals surface area contributed by atoms with Crippen molar-refractivity contribution in [3.8, 4) is 0 Å². The molecule has 0 spiro atoms. The zero-order valence-corrected chi connectivity index (χ0v) is 13.1. The SMILES string of the molecule is CCCc1cc2c(Cl)c(C)cc(Br)c2nc1NC. The van der Waals surface area contributed by atoms with Gasteiger partial charge in [0.25, 0.3) is 0 Å². The summed E-state index contributed by atoms with van der Waals surface area (Å²) in [4.78, 5) is 4.67. The van der Waals surface area contributed by atoms with E-state index in [2.05, 4.69) is 39.2 Å². The van der Waals surface area contributed by atoms with Crippen LogP contribution in [0.1, 0.15) is 24.5 Å². The molecule has 0 radical (unpaired) electrons. The lowest BCUT2D eigenvalue weighted by Gasteiger charge is -2.12. The Kier molecular flexibility index (Phi) is 4.13. The maximum Gasteiger partial charge on any atom is 0.129 e. The number of fused-ring (bicyclic) bond motifs is 1. The van der Waals surface area contributed by atoms with Crippen LogP contribution in [0.2, 0.25) is 5.02 Å². The van der Waals surface area contributed by atoms with Crippen LogP contribution in [0.15, 0.2) is 16.6 Å². The molecule has 18 heavy (non-hydrogen) atoms. The van der Waals surface area contributed by atoms with Crippen LogP contribution in [0.25, 0.3) is 10.9 Å². The van der Waals surface area contributed by atoms with E-state index in [-0.39, 0.29) is 0 Å². The molecule has 0 saturated carbocycles. The van der Waals surface area contributed by atoms with Crippen LogP contribution >= 0.6 is 27.5 Å². The lowest BCUT2D eigenvalue weighted by Crippen LogP contribution is -2.00. The molecule has 0 amide bonds. The number of hydrogen-bond donors (Lipinski definition) is 1. The third-order valence-corrected chi connectivity index (χ3v) is 4.12. The van der Waals surface area contributed by atoms with E-state index in [0.717, 1.165) is 44.6 Å². The summed E-state index contributed by atoms with van der Waals surface area (Å²) in [5, 5.41) is 4.97. The number of rotatable bonds is 3. The molecule has 1 heterocycles. The Bertz CT molecular complexity index is 596. The number of nitrogens with zero attached hydrogens (tertiary/aromatic N) is 1. The van der Waals surface area contributed by atoms with Crippen molar-refractivity contribution in [2.45, 2.75) is 26.7 Å². The van der Waals surface area contributed by atoms with E-state index in [1.54, 1.807) is 0 Å². The van der Waals surface area contributed by atoms with Crippen LogP contribution in [-0.2, 0) is 6.42 Å². The molecule has 0 aliphatic rings. The monoisotopic (exact) mass is 326 g/mol. The zero-order valence-electron chi connectivity index (χ0n) is 10.8. The number of hydrogen-bond acceptors (Lipinski definition) is 2. The molecule has 0 aliphatic carbocycles. The summed E-state index contributed by atoms with van der Waals surface area (Å²) in [6.45, 7) is 4.18. The largest absolute Gasteiger partial charge is 0.373 e. The van der Waals surface area contributed by atoms with Crippen molar-refractivity contribution < 1.29 is 0 Å². The van der Waals surface area contributed by atoms with Gasteiger partial charge in [0, 0.05) is 16.9 Å². The molecular weight excluding hydrogens is 312 g/mol. The fourth-order valence-corrected chi connectivity index (χ4v) is 2.96. The highest BCUT2D eigenvalue weighted by Gasteiger charge is 2.12. The molecule has 96 valence electrons. The highest BCUT2D eigenvalue weighted by Crippen LogP contribution is 2.34. The Morgan fingerprint density at radius 3 is 2.72 bits per heavy atom. The van der Waals surface area contributed by atoms with E-state index in [4.69, 9.17) is 11.6 Å². The summed E-state index contributed by atoms with van der Waals surface area (Å²) in [5.74, 6) is 0.935. The standard InChI is InChI=1S/C14H16BrClN2/c1-4-5-9-7-10-12(16)8(2)6-11(15)13(10)18-14(9)17-3/h6-7H,4-5H2,1-3H3,(H,17,18). The van der Waals surface area contributed by atoms with Crippen molar-refractivity contribution in [1.29, 1.82) is 0 Å². The Labute approximate surface area is 121 Å². The van der Waals surface area contributed by atoms with Crippen molar-refractivity contribution in [3.63, 3.8) is 0 Å². The van der Waals surface area contributed by atoms with Crippen LogP contribution in [0.4, 0.5) is 5.82 Å². The van der Waals surface area contributed by atoms with Crippen molar-refractivity contribution in [1.82, 2.24) is 4.98 Å². The van der Waals surface area contributed by atoms with Gasteiger partial charge in [-0.15, -0.1) is 0 Å². The molecule has 1 aromatic heterocycles. The summed E-state index contributed by atoms with van der Waals surface area (Å²) < 4.78 is 0.985. The second-order valence-electron chi connectivity index (χ2n) is 4.38. The molecule has 1 N–H and O–H groups in total. The predicted molar refractivity (Wildman–Crippen MR) is 82.7 cm³/mol. The minimum absolute atomic E-state index is 0.792. The number of anilines is 1. The smallest absolute Gasteiger partial charge is 0.129 e. The summed E-state index contributed by atoms with van der Waals surface area (Å²) >= 11 is 9.94. The maximum absolute atomic E-state index is 6.38. The minimum Gasteiger partial charge on any atom is -0.373 e. The number of aryl methyl sites for hydroxylation is 2. The topological polar surface area (TPSA) is 24.9 Å². The Morgan fingerprint density at radius 2 is 2.11 bits per heavy atom. The molecule has 0 aliphatic heterocycles. The normalized spacial score (nSPS) is 10.9. The highest BCUT2D eigenvalue weighted by atomic mass is 79.9. The van der Waals surface area contributed by atoms with Crippen molar-refractivity contribution in [3.05, 3.63) is 32.8 Å². The zero-order chi connectivity index (χ0) is 13.3. The Morgan fingerprint density at radius 1 is 1.39 bits per heavy atom. The van der Waals surface area contributed by atoms with E-state index in [0.29, 0.717) is 0 Å². The van der Waals surface area contributed by atoms with E-state index < -0.39 is 0 Å². The molecule has 0 atom stereocenters. The Hall–Kier alpha value is -0.800. The van der Waals surface area contributed by atoms with Crippen LogP contribution in [0.3, 0.4) is 0 Å². The minimum atomic E-state index is 0.792. The first-order valence-electron chi connectivity index (χ1n) is 6.04. The molecular formula is C14H16BrClN2. The highest BCUT2D eigenvalue weighted by molar-refractivity contribution is 9.10. The van der Waals surface area contributed by atoms with Gasteiger partial charge in [-0.2, -0.15) is 0 Å². The number of pyridine rings is 1. The predicted octanol–water partition coefficient (Wildman–Crippen LogP) is 4.95. The maximum atomic E-state index is 6.38. The summed E-state index contributed by atoms with van der Waals surface area (Å²) in [7, 11) is 1.90. The van der Waals surface area contributed by atoms with Gasteiger partial charge in [0.1, 0.15) is 5.82 Å². The molecule has 2 nitrogen and oxygen atoms in total. The summed E-state index contributed by atoms with van der Waals surface area (Å²) in [6.07, 6.45) is 2.09. The van der Waals surface area contributed by atoms with Crippen molar-refractivity contribution >= 4 is 44.3 Å². The molecule has 2 aromatic rings. The third kappa shape index (κ3) is 2.34. The molecule has 0 saturated heterocycles.